The van der Waals surface area contributed by atoms with Gasteiger partial charge in [0.2, 0.25) is 10.0 Å². The SMILES string of the molecule is COc1ccc(C(=O)OCC(=O)NC(C)(C)C)cc1S(=O)(=O)N1CCCC[C@H]1C. The number of benzene rings is 1. The number of ether oxygens (including phenoxy) is 2. The zero-order valence-corrected chi connectivity index (χ0v) is 18.5. The van der Waals surface area contributed by atoms with Gasteiger partial charge in [-0.15, -0.1) is 0 Å². The van der Waals surface area contributed by atoms with E-state index in [1.165, 1.54) is 29.6 Å². The third-order valence-electron chi connectivity index (χ3n) is 4.58. The van der Waals surface area contributed by atoms with Crippen molar-refractivity contribution < 1.29 is 27.5 Å². The Hall–Kier alpha value is -2.13. The summed E-state index contributed by atoms with van der Waals surface area (Å²) in [5, 5.41) is 2.69. The number of piperidine rings is 1. The maximum atomic E-state index is 13.2. The number of sulfonamides is 1. The Morgan fingerprint density at radius 1 is 1.24 bits per heavy atom. The Morgan fingerprint density at radius 3 is 2.52 bits per heavy atom. The van der Waals surface area contributed by atoms with Gasteiger partial charge >= 0.3 is 5.97 Å². The van der Waals surface area contributed by atoms with Crippen LogP contribution in [-0.2, 0) is 19.6 Å². The molecule has 0 spiro atoms. The molecule has 9 heteroatoms. The van der Waals surface area contributed by atoms with Gasteiger partial charge in [-0.1, -0.05) is 6.42 Å². The lowest BCUT2D eigenvalue weighted by Gasteiger charge is -2.32. The Labute approximate surface area is 172 Å². The van der Waals surface area contributed by atoms with Crippen LogP contribution in [0, 0.1) is 0 Å². The van der Waals surface area contributed by atoms with E-state index in [-0.39, 0.29) is 22.3 Å². The number of carbonyl (C=O) groups excluding carboxylic acids is 2. The summed E-state index contributed by atoms with van der Waals surface area (Å²) in [7, 11) is -2.47. The van der Waals surface area contributed by atoms with Crippen molar-refractivity contribution >= 4 is 21.9 Å². The molecule has 0 aliphatic carbocycles. The number of carbonyl (C=O) groups is 2. The van der Waals surface area contributed by atoms with Gasteiger partial charge in [-0.3, -0.25) is 4.79 Å². The van der Waals surface area contributed by atoms with Gasteiger partial charge in [-0.2, -0.15) is 4.31 Å². The molecule has 0 radical (unpaired) electrons. The number of nitrogens with zero attached hydrogens (tertiary/aromatic N) is 1. The number of rotatable bonds is 6. The van der Waals surface area contributed by atoms with E-state index in [0.29, 0.717) is 6.54 Å². The van der Waals surface area contributed by atoms with Crippen molar-refractivity contribution in [3.8, 4) is 5.75 Å². The molecule has 2 rings (SSSR count). The molecule has 1 aliphatic rings. The Bertz CT molecular complexity index is 860. The van der Waals surface area contributed by atoms with Crippen LogP contribution in [0.2, 0.25) is 0 Å². The highest BCUT2D eigenvalue weighted by atomic mass is 32.2. The number of esters is 1. The molecule has 1 aromatic rings. The average molecular weight is 427 g/mol. The van der Waals surface area contributed by atoms with Crippen LogP contribution in [-0.4, -0.2) is 56.4 Å². The average Bonchev–Trinajstić information content (AvgIpc) is 2.64. The zero-order valence-electron chi connectivity index (χ0n) is 17.6. The van der Waals surface area contributed by atoms with Crippen molar-refractivity contribution in [3.05, 3.63) is 23.8 Å². The molecular formula is C20H30N2O6S. The minimum absolute atomic E-state index is 0.0394. The first-order valence-electron chi connectivity index (χ1n) is 9.64. The van der Waals surface area contributed by atoms with Crippen molar-refractivity contribution in [2.24, 2.45) is 0 Å². The molecule has 162 valence electrons. The summed E-state index contributed by atoms with van der Waals surface area (Å²) in [4.78, 5) is 24.2. The lowest BCUT2D eigenvalue weighted by atomic mass is 10.1. The summed E-state index contributed by atoms with van der Waals surface area (Å²) in [6, 6.07) is 3.96. The third kappa shape index (κ3) is 5.93. The number of methoxy groups -OCH3 is 1. The van der Waals surface area contributed by atoms with E-state index in [9.17, 15) is 18.0 Å². The molecule has 1 amide bonds. The smallest absolute Gasteiger partial charge is 0.338 e. The molecule has 1 atom stereocenters. The molecule has 0 saturated carbocycles. The second-order valence-electron chi connectivity index (χ2n) is 8.20. The van der Waals surface area contributed by atoms with Gasteiger partial charge in [0.15, 0.2) is 6.61 Å². The monoisotopic (exact) mass is 426 g/mol. The topological polar surface area (TPSA) is 102 Å². The van der Waals surface area contributed by atoms with Crippen LogP contribution in [0.5, 0.6) is 5.75 Å². The van der Waals surface area contributed by atoms with Crippen LogP contribution in [0.4, 0.5) is 0 Å². The maximum Gasteiger partial charge on any atom is 0.338 e. The van der Waals surface area contributed by atoms with Gasteiger partial charge in [-0.25, -0.2) is 13.2 Å². The maximum absolute atomic E-state index is 13.2. The molecule has 1 N–H and O–H groups in total. The normalized spacial score (nSPS) is 18.2. The second-order valence-corrected chi connectivity index (χ2v) is 10.1. The molecule has 29 heavy (non-hydrogen) atoms. The van der Waals surface area contributed by atoms with Crippen LogP contribution in [0.25, 0.3) is 0 Å². The summed E-state index contributed by atoms with van der Waals surface area (Å²) >= 11 is 0. The lowest BCUT2D eigenvalue weighted by molar-refractivity contribution is -0.125. The van der Waals surface area contributed by atoms with E-state index in [0.717, 1.165) is 19.3 Å². The van der Waals surface area contributed by atoms with Gasteiger partial charge in [0.25, 0.3) is 5.91 Å². The van der Waals surface area contributed by atoms with E-state index in [2.05, 4.69) is 5.32 Å². The fraction of sp³-hybridized carbons (Fsp3) is 0.600. The molecule has 0 aromatic heterocycles. The molecule has 1 fully saturated rings. The molecule has 0 bridgehead atoms. The Morgan fingerprint density at radius 2 is 1.93 bits per heavy atom. The predicted molar refractivity (Wildman–Crippen MR) is 108 cm³/mol. The van der Waals surface area contributed by atoms with E-state index >= 15 is 0 Å². The standard InChI is InChI=1S/C20H30N2O6S/c1-14-8-6-7-11-22(14)29(25,26)17-12-15(9-10-16(17)27-5)19(24)28-13-18(23)21-20(2,3)4/h9-10,12,14H,6-8,11,13H2,1-5H3,(H,21,23)/t14-/m1/s1. The summed E-state index contributed by atoms with van der Waals surface area (Å²) in [5.74, 6) is -1.06. The summed E-state index contributed by atoms with van der Waals surface area (Å²) in [6.07, 6.45) is 2.55. The number of nitrogens with one attached hydrogen (secondary N) is 1. The van der Waals surface area contributed by atoms with E-state index < -0.39 is 34.0 Å². The molecule has 1 heterocycles. The molecular weight excluding hydrogens is 396 g/mol. The minimum Gasteiger partial charge on any atom is -0.495 e. The van der Waals surface area contributed by atoms with Crippen molar-refractivity contribution in [3.63, 3.8) is 0 Å². The Kier molecular flexibility index (Phi) is 7.29. The summed E-state index contributed by atoms with van der Waals surface area (Å²) in [6.45, 7) is 7.29. The zero-order chi connectivity index (χ0) is 21.8. The number of hydrogen-bond donors (Lipinski definition) is 1. The molecule has 0 unspecified atom stereocenters. The lowest BCUT2D eigenvalue weighted by Crippen LogP contribution is -2.42. The highest BCUT2D eigenvalue weighted by molar-refractivity contribution is 7.89. The molecule has 1 aromatic carbocycles. The quantitative estimate of drug-likeness (QED) is 0.701. The fourth-order valence-electron chi connectivity index (χ4n) is 3.23. The Balaban J connectivity index is 2.24. The number of amides is 1. The second kappa shape index (κ2) is 9.13. The largest absolute Gasteiger partial charge is 0.495 e. The van der Waals surface area contributed by atoms with E-state index in [1.807, 2.05) is 27.7 Å². The van der Waals surface area contributed by atoms with Crippen LogP contribution in [0.15, 0.2) is 23.1 Å². The first-order chi connectivity index (χ1) is 13.5. The number of hydrogen-bond acceptors (Lipinski definition) is 6. The summed E-state index contributed by atoms with van der Waals surface area (Å²) < 4.78 is 38.1. The van der Waals surface area contributed by atoms with Crippen molar-refractivity contribution in [2.75, 3.05) is 20.3 Å². The van der Waals surface area contributed by atoms with Gasteiger partial charge in [-0.05, 0) is 58.7 Å². The minimum atomic E-state index is -3.84. The van der Waals surface area contributed by atoms with Gasteiger partial charge in [0.1, 0.15) is 10.6 Å². The highest BCUT2D eigenvalue weighted by Crippen LogP contribution is 2.31. The van der Waals surface area contributed by atoms with Crippen molar-refractivity contribution in [2.45, 2.75) is 63.4 Å². The van der Waals surface area contributed by atoms with Gasteiger partial charge in [0.05, 0.1) is 12.7 Å². The van der Waals surface area contributed by atoms with Crippen molar-refractivity contribution in [1.82, 2.24) is 9.62 Å². The van der Waals surface area contributed by atoms with E-state index in [4.69, 9.17) is 9.47 Å². The first kappa shape index (κ1) is 23.2. The highest BCUT2D eigenvalue weighted by Gasteiger charge is 2.33. The fourth-order valence-corrected chi connectivity index (χ4v) is 5.11. The van der Waals surface area contributed by atoms with Crippen LogP contribution in [0.1, 0.15) is 57.3 Å². The first-order valence-corrected chi connectivity index (χ1v) is 11.1. The molecule has 1 aliphatic heterocycles. The van der Waals surface area contributed by atoms with E-state index in [1.54, 1.807) is 0 Å². The van der Waals surface area contributed by atoms with Crippen molar-refractivity contribution in [1.29, 1.82) is 0 Å². The molecule has 1 saturated heterocycles. The van der Waals surface area contributed by atoms with Crippen LogP contribution >= 0.6 is 0 Å². The van der Waals surface area contributed by atoms with Gasteiger partial charge < -0.3 is 14.8 Å². The van der Waals surface area contributed by atoms with Gasteiger partial charge in [0, 0.05) is 18.1 Å². The summed E-state index contributed by atoms with van der Waals surface area (Å²) in [5.41, 5.74) is -0.409. The van der Waals surface area contributed by atoms with Crippen LogP contribution < -0.4 is 10.1 Å². The predicted octanol–water partition coefficient (Wildman–Crippen LogP) is 2.33. The molecule has 8 nitrogen and oxygen atoms in total. The van der Waals surface area contributed by atoms with Crippen LogP contribution in [0.3, 0.4) is 0 Å². The third-order valence-corrected chi connectivity index (χ3v) is 6.61.